The Labute approximate surface area is 119 Å². The molecule has 3 rings (SSSR count). The van der Waals surface area contributed by atoms with E-state index in [0.29, 0.717) is 17.6 Å². The Bertz CT molecular complexity index is 808. The third-order valence-corrected chi connectivity index (χ3v) is 4.22. The SMILES string of the molecule is O=S(=O)(Nc1ccc2c(c1)OCO2)c1ccc(F)cc1F. The lowest BCUT2D eigenvalue weighted by Crippen LogP contribution is -2.14. The van der Waals surface area contributed by atoms with Crippen molar-refractivity contribution >= 4 is 15.7 Å². The van der Waals surface area contributed by atoms with Crippen LogP contribution >= 0.6 is 0 Å². The van der Waals surface area contributed by atoms with Gasteiger partial charge in [-0.05, 0) is 24.3 Å². The molecular weight excluding hydrogens is 304 g/mol. The van der Waals surface area contributed by atoms with Crippen LogP contribution in [0.5, 0.6) is 11.5 Å². The summed E-state index contributed by atoms with van der Waals surface area (Å²) in [6, 6.07) is 6.64. The summed E-state index contributed by atoms with van der Waals surface area (Å²) < 4.78 is 63.0. The molecule has 0 unspecified atom stereocenters. The molecule has 8 heteroatoms. The van der Waals surface area contributed by atoms with Crippen LogP contribution in [0.4, 0.5) is 14.5 Å². The molecule has 0 saturated carbocycles. The van der Waals surface area contributed by atoms with E-state index in [4.69, 9.17) is 9.47 Å². The fourth-order valence-corrected chi connectivity index (χ4v) is 2.97. The van der Waals surface area contributed by atoms with Gasteiger partial charge in [-0.25, -0.2) is 17.2 Å². The largest absolute Gasteiger partial charge is 0.454 e. The minimum absolute atomic E-state index is 0.0537. The van der Waals surface area contributed by atoms with Gasteiger partial charge in [0.25, 0.3) is 10.0 Å². The molecule has 0 bridgehead atoms. The third kappa shape index (κ3) is 2.62. The van der Waals surface area contributed by atoms with Crippen LogP contribution in [0, 0.1) is 11.6 Å². The first-order chi connectivity index (χ1) is 9.95. The van der Waals surface area contributed by atoms with Gasteiger partial charge in [-0.15, -0.1) is 0 Å². The smallest absolute Gasteiger partial charge is 0.264 e. The van der Waals surface area contributed by atoms with E-state index in [1.54, 1.807) is 0 Å². The number of halogens is 2. The molecule has 0 amide bonds. The number of fused-ring (bicyclic) bond motifs is 1. The molecule has 0 aromatic heterocycles. The van der Waals surface area contributed by atoms with Gasteiger partial charge >= 0.3 is 0 Å². The highest BCUT2D eigenvalue weighted by molar-refractivity contribution is 7.92. The van der Waals surface area contributed by atoms with E-state index in [1.807, 2.05) is 0 Å². The predicted octanol–water partition coefficient (Wildman–Crippen LogP) is 2.49. The van der Waals surface area contributed by atoms with E-state index in [-0.39, 0.29) is 12.5 Å². The van der Waals surface area contributed by atoms with Crippen molar-refractivity contribution in [2.45, 2.75) is 4.90 Å². The second kappa shape index (κ2) is 4.88. The van der Waals surface area contributed by atoms with E-state index >= 15 is 0 Å². The molecule has 1 aliphatic heterocycles. The minimum atomic E-state index is -4.17. The fraction of sp³-hybridized carbons (Fsp3) is 0.0769. The third-order valence-electron chi connectivity index (χ3n) is 2.81. The summed E-state index contributed by atoms with van der Waals surface area (Å²) in [7, 11) is -4.17. The van der Waals surface area contributed by atoms with Crippen LogP contribution in [0.15, 0.2) is 41.3 Å². The standard InChI is InChI=1S/C13H9F2NO4S/c14-8-1-4-13(10(15)5-8)21(17,18)16-9-2-3-11-12(6-9)20-7-19-11/h1-6,16H,7H2. The second-order valence-electron chi connectivity index (χ2n) is 4.25. The van der Waals surface area contributed by atoms with E-state index in [1.165, 1.54) is 18.2 Å². The van der Waals surface area contributed by atoms with Crippen LogP contribution in [-0.2, 0) is 10.0 Å². The number of benzene rings is 2. The van der Waals surface area contributed by atoms with Crippen LogP contribution < -0.4 is 14.2 Å². The van der Waals surface area contributed by atoms with Crippen molar-refractivity contribution in [3.05, 3.63) is 48.0 Å². The predicted molar refractivity (Wildman–Crippen MR) is 69.7 cm³/mol. The highest BCUT2D eigenvalue weighted by atomic mass is 32.2. The molecule has 1 N–H and O–H groups in total. The zero-order chi connectivity index (χ0) is 15.0. The molecule has 2 aromatic rings. The summed E-state index contributed by atoms with van der Waals surface area (Å²) in [6.07, 6.45) is 0. The van der Waals surface area contributed by atoms with Gasteiger partial charge in [0.15, 0.2) is 11.5 Å². The Morgan fingerprint density at radius 1 is 1.00 bits per heavy atom. The normalized spacial score (nSPS) is 13.2. The molecular formula is C13H9F2NO4S. The number of rotatable bonds is 3. The molecule has 0 radical (unpaired) electrons. The molecule has 1 heterocycles. The number of hydrogen-bond acceptors (Lipinski definition) is 4. The second-order valence-corrected chi connectivity index (χ2v) is 5.90. The Kier molecular flexibility index (Phi) is 3.17. The zero-order valence-electron chi connectivity index (χ0n) is 10.5. The Hall–Kier alpha value is -2.35. The number of sulfonamides is 1. The van der Waals surface area contributed by atoms with E-state index in [2.05, 4.69) is 4.72 Å². The molecule has 21 heavy (non-hydrogen) atoms. The lowest BCUT2D eigenvalue weighted by Gasteiger charge is -2.09. The number of nitrogens with one attached hydrogen (secondary N) is 1. The summed E-state index contributed by atoms with van der Waals surface area (Å²) in [5.41, 5.74) is 0.183. The number of ether oxygens (including phenoxy) is 2. The Balaban J connectivity index is 1.92. The summed E-state index contributed by atoms with van der Waals surface area (Å²) >= 11 is 0. The Morgan fingerprint density at radius 2 is 1.76 bits per heavy atom. The maximum absolute atomic E-state index is 13.6. The van der Waals surface area contributed by atoms with E-state index < -0.39 is 26.6 Å². The lowest BCUT2D eigenvalue weighted by molar-refractivity contribution is 0.174. The zero-order valence-corrected chi connectivity index (χ0v) is 11.3. The quantitative estimate of drug-likeness (QED) is 0.945. The van der Waals surface area contributed by atoms with E-state index in [0.717, 1.165) is 12.1 Å². The minimum Gasteiger partial charge on any atom is -0.454 e. The highest BCUT2D eigenvalue weighted by Gasteiger charge is 2.21. The number of hydrogen-bond donors (Lipinski definition) is 1. The Morgan fingerprint density at radius 3 is 2.52 bits per heavy atom. The van der Waals surface area contributed by atoms with Crippen LogP contribution in [0.3, 0.4) is 0 Å². The van der Waals surface area contributed by atoms with Crippen molar-refractivity contribution in [1.82, 2.24) is 0 Å². The van der Waals surface area contributed by atoms with Gasteiger partial charge in [0.2, 0.25) is 6.79 Å². The van der Waals surface area contributed by atoms with Crippen molar-refractivity contribution in [2.75, 3.05) is 11.5 Å². The van der Waals surface area contributed by atoms with Crippen molar-refractivity contribution in [2.24, 2.45) is 0 Å². The van der Waals surface area contributed by atoms with Gasteiger partial charge in [-0.2, -0.15) is 0 Å². The van der Waals surface area contributed by atoms with Crippen LogP contribution in [-0.4, -0.2) is 15.2 Å². The van der Waals surface area contributed by atoms with Crippen molar-refractivity contribution < 1.29 is 26.7 Å². The summed E-state index contributed by atoms with van der Waals surface area (Å²) in [5, 5.41) is 0. The van der Waals surface area contributed by atoms with Crippen LogP contribution in [0.2, 0.25) is 0 Å². The van der Waals surface area contributed by atoms with Crippen LogP contribution in [0.25, 0.3) is 0 Å². The molecule has 0 spiro atoms. The first kappa shape index (κ1) is 13.6. The van der Waals surface area contributed by atoms with Crippen molar-refractivity contribution in [3.63, 3.8) is 0 Å². The lowest BCUT2D eigenvalue weighted by atomic mass is 10.3. The maximum Gasteiger partial charge on any atom is 0.264 e. The molecule has 0 aliphatic carbocycles. The average Bonchev–Trinajstić information content (AvgIpc) is 2.85. The van der Waals surface area contributed by atoms with Gasteiger partial charge in [0.05, 0.1) is 5.69 Å². The topological polar surface area (TPSA) is 64.6 Å². The van der Waals surface area contributed by atoms with Crippen LogP contribution in [0.1, 0.15) is 0 Å². The summed E-state index contributed by atoms with van der Waals surface area (Å²) in [6.45, 7) is 0.0537. The molecule has 5 nitrogen and oxygen atoms in total. The first-order valence-electron chi connectivity index (χ1n) is 5.83. The highest BCUT2D eigenvalue weighted by Crippen LogP contribution is 2.34. The van der Waals surface area contributed by atoms with Gasteiger partial charge < -0.3 is 9.47 Å². The molecule has 2 aromatic carbocycles. The molecule has 0 atom stereocenters. The number of anilines is 1. The van der Waals surface area contributed by atoms with Crippen molar-refractivity contribution in [1.29, 1.82) is 0 Å². The fourth-order valence-electron chi connectivity index (χ4n) is 1.86. The van der Waals surface area contributed by atoms with Gasteiger partial charge in [0, 0.05) is 12.1 Å². The van der Waals surface area contributed by atoms with Gasteiger partial charge in [-0.1, -0.05) is 0 Å². The average molecular weight is 313 g/mol. The molecule has 1 aliphatic rings. The van der Waals surface area contributed by atoms with Gasteiger partial charge in [0.1, 0.15) is 16.5 Å². The van der Waals surface area contributed by atoms with Crippen molar-refractivity contribution in [3.8, 4) is 11.5 Å². The molecule has 110 valence electrons. The van der Waals surface area contributed by atoms with Gasteiger partial charge in [-0.3, -0.25) is 4.72 Å². The molecule has 0 saturated heterocycles. The molecule has 0 fully saturated rings. The maximum atomic E-state index is 13.6. The summed E-state index contributed by atoms with van der Waals surface area (Å²) in [4.78, 5) is -0.637. The first-order valence-corrected chi connectivity index (χ1v) is 7.31. The monoisotopic (exact) mass is 313 g/mol. The summed E-state index contributed by atoms with van der Waals surface area (Å²) in [5.74, 6) is -1.14. The van der Waals surface area contributed by atoms with E-state index in [9.17, 15) is 17.2 Å².